The summed E-state index contributed by atoms with van der Waals surface area (Å²) in [6, 6.07) is 20.2. The van der Waals surface area contributed by atoms with Crippen LogP contribution in [0.1, 0.15) is 10.4 Å². The summed E-state index contributed by atoms with van der Waals surface area (Å²) in [5, 5.41) is 3.19. The van der Waals surface area contributed by atoms with Crippen LogP contribution in [0.4, 0.5) is 5.69 Å². The number of nitrogens with zero attached hydrogens (tertiary/aromatic N) is 1. The van der Waals surface area contributed by atoms with Gasteiger partial charge in [0, 0.05) is 4.88 Å². The fourth-order valence-corrected chi connectivity index (χ4v) is 4.41. The Morgan fingerprint density at radius 2 is 1.73 bits per heavy atom. The van der Waals surface area contributed by atoms with Crippen LogP contribution in [0.25, 0.3) is 6.08 Å². The molecule has 0 unspecified atom stereocenters. The highest BCUT2D eigenvalue weighted by molar-refractivity contribution is 7.95. The molecule has 6 heteroatoms. The third kappa shape index (κ3) is 4.53. The van der Waals surface area contributed by atoms with E-state index in [1.54, 1.807) is 37.5 Å². The number of hydrogen-bond donors (Lipinski definition) is 0. The molecule has 0 radical (unpaired) electrons. The lowest BCUT2D eigenvalue weighted by Gasteiger charge is -2.22. The van der Waals surface area contributed by atoms with Crippen molar-refractivity contribution in [2.45, 2.75) is 6.54 Å². The van der Waals surface area contributed by atoms with Crippen molar-refractivity contribution in [2.75, 3.05) is 11.4 Å². The quantitative estimate of drug-likeness (QED) is 0.589. The summed E-state index contributed by atoms with van der Waals surface area (Å²) in [6.45, 7) is 0.283. The zero-order valence-electron chi connectivity index (χ0n) is 14.3. The van der Waals surface area contributed by atoms with E-state index in [2.05, 4.69) is 0 Å². The molecule has 2 aromatic carbocycles. The van der Waals surface area contributed by atoms with Crippen molar-refractivity contribution in [2.24, 2.45) is 0 Å². The first-order valence-electron chi connectivity index (χ1n) is 8.01. The van der Waals surface area contributed by atoms with Crippen LogP contribution in [0, 0.1) is 0 Å². The maximum Gasteiger partial charge on any atom is 0.257 e. The minimum absolute atomic E-state index is 0.283. The Morgan fingerprint density at radius 1 is 1.00 bits per heavy atom. The minimum Gasteiger partial charge on any atom is -0.497 e. The van der Waals surface area contributed by atoms with Gasteiger partial charge in [0.25, 0.3) is 10.0 Å². The standard InChI is InChI=1S/C20H19NO3S2/c1-24-19-11-9-18(10-12-19)21(16-20-8-5-14-25-20)26(22,23)15-13-17-6-3-2-4-7-17/h2-15H,16H2,1H3/b15-13+. The zero-order valence-corrected chi connectivity index (χ0v) is 15.9. The van der Waals surface area contributed by atoms with E-state index in [1.807, 2.05) is 47.8 Å². The van der Waals surface area contributed by atoms with Gasteiger partial charge in [0.2, 0.25) is 0 Å². The van der Waals surface area contributed by atoms with Crippen molar-refractivity contribution in [1.82, 2.24) is 0 Å². The van der Waals surface area contributed by atoms with E-state index in [0.29, 0.717) is 11.4 Å². The molecule has 0 aliphatic heterocycles. The number of thiophene rings is 1. The minimum atomic E-state index is -3.65. The van der Waals surface area contributed by atoms with Gasteiger partial charge in [-0.2, -0.15) is 0 Å². The Balaban J connectivity index is 1.94. The molecule has 0 aliphatic rings. The SMILES string of the molecule is COc1ccc(N(Cc2cccs2)S(=O)(=O)/C=C/c2ccccc2)cc1. The van der Waals surface area contributed by atoms with Crippen LogP contribution in [0.5, 0.6) is 5.75 Å². The molecule has 0 saturated heterocycles. The number of rotatable bonds is 7. The number of methoxy groups -OCH3 is 1. The molecule has 0 spiro atoms. The van der Waals surface area contributed by atoms with Crippen LogP contribution < -0.4 is 9.04 Å². The summed E-state index contributed by atoms with van der Waals surface area (Å²) in [4.78, 5) is 0.970. The molecule has 0 N–H and O–H groups in total. The second-order valence-electron chi connectivity index (χ2n) is 5.54. The van der Waals surface area contributed by atoms with Gasteiger partial charge in [-0.15, -0.1) is 11.3 Å². The molecule has 26 heavy (non-hydrogen) atoms. The highest BCUT2D eigenvalue weighted by Gasteiger charge is 2.20. The Labute approximate surface area is 158 Å². The monoisotopic (exact) mass is 385 g/mol. The normalized spacial score (nSPS) is 11.6. The first kappa shape index (κ1) is 18.2. The van der Waals surface area contributed by atoms with Crippen LogP contribution in [0.3, 0.4) is 0 Å². The molecular formula is C20H19NO3S2. The van der Waals surface area contributed by atoms with E-state index in [-0.39, 0.29) is 6.54 Å². The molecule has 3 aromatic rings. The third-order valence-electron chi connectivity index (χ3n) is 3.78. The summed E-state index contributed by atoms with van der Waals surface area (Å²) >= 11 is 1.53. The topological polar surface area (TPSA) is 46.6 Å². The van der Waals surface area contributed by atoms with Gasteiger partial charge in [-0.05, 0) is 47.4 Å². The van der Waals surface area contributed by atoms with Gasteiger partial charge in [0.05, 0.1) is 24.7 Å². The third-order valence-corrected chi connectivity index (χ3v) is 6.07. The van der Waals surface area contributed by atoms with Gasteiger partial charge in [0.15, 0.2) is 0 Å². The highest BCUT2D eigenvalue weighted by atomic mass is 32.2. The molecule has 0 bridgehead atoms. The molecule has 0 saturated carbocycles. The second kappa shape index (κ2) is 8.21. The van der Waals surface area contributed by atoms with Crippen LogP contribution in [-0.2, 0) is 16.6 Å². The van der Waals surface area contributed by atoms with E-state index in [1.165, 1.54) is 21.1 Å². The zero-order chi connectivity index (χ0) is 18.4. The van der Waals surface area contributed by atoms with Gasteiger partial charge in [0.1, 0.15) is 5.75 Å². The fourth-order valence-electron chi connectivity index (χ4n) is 2.42. The predicted molar refractivity (Wildman–Crippen MR) is 108 cm³/mol. The van der Waals surface area contributed by atoms with Gasteiger partial charge in [-0.25, -0.2) is 8.42 Å². The van der Waals surface area contributed by atoms with Crippen molar-refractivity contribution >= 4 is 33.1 Å². The van der Waals surface area contributed by atoms with Crippen molar-refractivity contribution in [1.29, 1.82) is 0 Å². The number of hydrogen-bond acceptors (Lipinski definition) is 4. The van der Waals surface area contributed by atoms with Crippen molar-refractivity contribution in [3.05, 3.63) is 88.0 Å². The Morgan fingerprint density at radius 3 is 2.35 bits per heavy atom. The second-order valence-corrected chi connectivity index (χ2v) is 8.32. The van der Waals surface area contributed by atoms with Gasteiger partial charge >= 0.3 is 0 Å². The van der Waals surface area contributed by atoms with Gasteiger partial charge in [-0.1, -0.05) is 36.4 Å². The Hall–Kier alpha value is -2.57. The number of benzene rings is 2. The molecule has 0 amide bonds. The number of sulfonamides is 1. The Kier molecular flexibility index (Phi) is 5.75. The van der Waals surface area contributed by atoms with Gasteiger partial charge < -0.3 is 4.74 Å². The van der Waals surface area contributed by atoms with E-state index < -0.39 is 10.0 Å². The van der Waals surface area contributed by atoms with Crippen LogP contribution in [-0.4, -0.2) is 15.5 Å². The number of anilines is 1. The maximum atomic E-state index is 13.0. The average molecular weight is 386 g/mol. The summed E-state index contributed by atoms with van der Waals surface area (Å²) in [5.74, 6) is 0.682. The summed E-state index contributed by atoms with van der Waals surface area (Å²) in [7, 11) is -2.07. The molecule has 1 aromatic heterocycles. The van der Waals surface area contributed by atoms with Crippen LogP contribution in [0.15, 0.2) is 77.5 Å². The molecule has 0 atom stereocenters. The van der Waals surface area contributed by atoms with Crippen LogP contribution in [0.2, 0.25) is 0 Å². The Bertz CT molecular complexity index is 948. The first-order valence-corrected chi connectivity index (χ1v) is 10.4. The largest absolute Gasteiger partial charge is 0.497 e. The van der Waals surface area contributed by atoms with E-state index in [9.17, 15) is 8.42 Å². The lowest BCUT2D eigenvalue weighted by atomic mass is 10.2. The van der Waals surface area contributed by atoms with Crippen molar-refractivity contribution < 1.29 is 13.2 Å². The van der Waals surface area contributed by atoms with Crippen molar-refractivity contribution in [3.63, 3.8) is 0 Å². The molecule has 0 aliphatic carbocycles. The van der Waals surface area contributed by atoms with E-state index >= 15 is 0 Å². The highest BCUT2D eigenvalue weighted by Crippen LogP contribution is 2.26. The maximum absolute atomic E-state index is 13.0. The molecule has 0 fully saturated rings. The molecule has 3 rings (SSSR count). The van der Waals surface area contributed by atoms with E-state index in [4.69, 9.17) is 4.74 Å². The van der Waals surface area contributed by atoms with Crippen molar-refractivity contribution in [3.8, 4) is 5.75 Å². The average Bonchev–Trinajstić information content (AvgIpc) is 3.19. The molecule has 4 nitrogen and oxygen atoms in total. The number of ether oxygens (including phenoxy) is 1. The molecular weight excluding hydrogens is 366 g/mol. The summed E-state index contributed by atoms with van der Waals surface area (Å²) in [6.07, 6.45) is 1.61. The lowest BCUT2D eigenvalue weighted by Crippen LogP contribution is -2.28. The first-order chi connectivity index (χ1) is 12.6. The summed E-state index contributed by atoms with van der Waals surface area (Å²) in [5.41, 5.74) is 1.43. The van der Waals surface area contributed by atoms with Crippen LogP contribution >= 0.6 is 11.3 Å². The smallest absolute Gasteiger partial charge is 0.257 e. The van der Waals surface area contributed by atoms with E-state index in [0.717, 1.165) is 10.4 Å². The van der Waals surface area contributed by atoms with Gasteiger partial charge in [-0.3, -0.25) is 4.31 Å². The molecule has 1 heterocycles. The lowest BCUT2D eigenvalue weighted by molar-refractivity contribution is 0.415. The summed E-state index contributed by atoms with van der Waals surface area (Å²) < 4.78 is 32.6. The molecule has 134 valence electrons. The predicted octanol–water partition coefficient (Wildman–Crippen LogP) is 4.76. The fraction of sp³-hybridized carbons (Fsp3) is 0.100.